The van der Waals surface area contributed by atoms with E-state index in [0.29, 0.717) is 13.0 Å². The molecule has 0 aromatic carbocycles. The van der Waals surface area contributed by atoms with E-state index in [1.165, 1.54) is 18.1 Å². The van der Waals surface area contributed by atoms with Crippen LogP contribution in [0.5, 0.6) is 0 Å². The molecule has 1 aromatic heterocycles. The molecule has 0 aliphatic rings. The Morgan fingerprint density at radius 3 is 3.08 bits per heavy atom. The van der Waals surface area contributed by atoms with Crippen molar-refractivity contribution in [2.24, 2.45) is 5.73 Å². The van der Waals surface area contributed by atoms with Gasteiger partial charge in [0, 0.05) is 6.54 Å². The summed E-state index contributed by atoms with van der Waals surface area (Å²) >= 11 is 0. The average molecular weight is 185 g/mol. The van der Waals surface area contributed by atoms with E-state index in [0.717, 1.165) is 0 Å². The maximum atomic E-state index is 10.9. The zero-order valence-electron chi connectivity index (χ0n) is 7.25. The van der Waals surface area contributed by atoms with Crippen LogP contribution in [-0.4, -0.2) is 39.3 Å². The smallest absolute Gasteiger partial charge is 0.322 e. The van der Waals surface area contributed by atoms with E-state index < -0.39 is 12.0 Å². The summed E-state index contributed by atoms with van der Waals surface area (Å²) in [6.45, 7) is 0.503. The third-order valence-corrected chi connectivity index (χ3v) is 1.56. The molecule has 0 saturated heterocycles. The summed E-state index contributed by atoms with van der Waals surface area (Å²) in [7, 11) is 1.30. The Kier molecular flexibility index (Phi) is 3.32. The van der Waals surface area contributed by atoms with Gasteiger partial charge in [0.15, 0.2) is 0 Å². The van der Waals surface area contributed by atoms with Gasteiger partial charge in [-0.25, -0.2) is 4.68 Å². The SMILES string of the molecule is COC(=O)C(N)CCn1cnnn1. The van der Waals surface area contributed by atoms with E-state index in [9.17, 15) is 4.79 Å². The molecule has 1 rings (SSSR count). The summed E-state index contributed by atoms with van der Waals surface area (Å²) in [6, 6.07) is -0.616. The van der Waals surface area contributed by atoms with Crippen molar-refractivity contribution in [3.8, 4) is 0 Å². The van der Waals surface area contributed by atoms with Crippen molar-refractivity contribution < 1.29 is 9.53 Å². The van der Waals surface area contributed by atoms with Crippen molar-refractivity contribution in [1.82, 2.24) is 20.2 Å². The monoisotopic (exact) mass is 185 g/mol. The summed E-state index contributed by atoms with van der Waals surface area (Å²) in [4.78, 5) is 10.9. The topological polar surface area (TPSA) is 95.9 Å². The predicted molar refractivity (Wildman–Crippen MR) is 42.4 cm³/mol. The number of tetrazole rings is 1. The molecule has 0 aliphatic carbocycles. The summed E-state index contributed by atoms with van der Waals surface area (Å²) in [5.41, 5.74) is 5.49. The number of methoxy groups -OCH3 is 1. The Balaban J connectivity index is 2.30. The fourth-order valence-corrected chi connectivity index (χ4v) is 0.823. The van der Waals surface area contributed by atoms with Crippen LogP contribution in [0.25, 0.3) is 0 Å². The first-order valence-corrected chi connectivity index (χ1v) is 3.78. The Morgan fingerprint density at radius 2 is 2.54 bits per heavy atom. The maximum Gasteiger partial charge on any atom is 0.322 e. The van der Waals surface area contributed by atoms with Gasteiger partial charge in [-0.3, -0.25) is 4.79 Å². The van der Waals surface area contributed by atoms with Crippen molar-refractivity contribution in [3.05, 3.63) is 6.33 Å². The van der Waals surface area contributed by atoms with Gasteiger partial charge in [0.25, 0.3) is 0 Å². The molecule has 0 spiro atoms. The number of rotatable bonds is 4. The molecule has 0 bridgehead atoms. The van der Waals surface area contributed by atoms with E-state index >= 15 is 0 Å². The second kappa shape index (κ2) is 4.51. The lowest BCUT2D eigenvalue weighted by Crippen LogP contribution is -2.32. The highest BCUT2D eigenvalue weighted by Gasteiger charge is 2.13. The lowest BCUT2D eigenvalue weighted by molar-refractivity contribution is -0.142. The number of nitrogens with zero attached hydrogens (tertiary/aromatic N) is 4. The number of carbonyl (C=O) groups is 1. The van der Waals surface area contributed by atoms with Gasteiger partial charge in [0.05, 0.1) is 7.11 Å². The van der Waals surface area contributed by atoms with E-state index in [2.05, 4.69) is 20.3 Å². The first-order valence-electron chi connectivity index (χ1n) is 3.78. The van der Waals surface area contributed by atoms with Gasteiger partial charge in [-0.1, -0.05) is 0 Å². The minimum absolute atomic E-state index is 0.423. The molecule has 0 saturated carbocycles. The number of hydrogen-bond acceptors (Lipinski definition) is 6. The quantitative estimate of drug-likeness (QED) is 0.577. The van der Waals surface area contributed by atoms with Crippen LogP contribution in [0.15, 0.2) is 6.33 Å². The minimum atomic E-state index is -0.616. The van der Waals surface area contributed by atoms with Gasteiger partial charge < -0.3 is 10.5 Å². The molecule has 1 heterocycles. The molecule has 1 unspecified atom stereocenters. The highest BCUT2D eigenvalue weighted by Crippen LogP contribution is 1.93. The second-order valence-corrected chi connectivity index (χ2v) is 2.49. The van der Waals surface area contributed by atoms with Gasteiger partial charge in [-0.2, -0.15) is 0 Å². The first-order chi connectivity index (χ1) is 6.24. The molecular formula is C6H11N5O2. The first kappa shape index (κ1) is 9.59. The standard InChI is InChI=1S/C6H11N5O2/c1-13-6(12)5(7)2-3-11-4-8-9-10-11/h4-5H,2-3,7H2,1H3. The molecule has 7 heteroatoms. The molecule has 0 aliphatic heterocycles. The number of esters is 1. The number of aromatic nitrogens is 4. The number of ether oxygens (including phenoxy) is 1. The van der Waals surface area contributed by atoms with E-state index in [4.69, 9.17) is 5.73 Å². The fourth-order valence-electron chi connectivity index (χ4n) is 0.823. The Labute approximate surface area is 74.9 Å². The highest BCUT2D eigenvalue weighted by atomic mass is 16.5. The highest BCUT2D eigenvalue weighted by molar-refractivity contribution is 5.75. The summed E-state index contributed by atoms with van der Waals surface area (Å²) in [6.07, 6.45) is 1.92. The van der Waals surface area contributed by atoms with Gasteiger partial charge in [0.2, 0.25) is 0 Å². The van der Waals surface area contributed by atoms with Crippen LogP contribution in [-0.2, 0) is 16.1 Å². The number of carbonyl (C=O) groups excluding carboxylic acids is 1. The van der Waals surface area contributed by atoms with Crippen molar-refractivity contribution in [2.45, 2.75) is 19.0 Å². The third kappa shape index (κ3) is 2.79. The zero-order valence-corrected chi connectivity index (χ0v) is 7.25. The third-order valence-electron chi connectivity index (χ3n) is 1.56. The molecule has 13 heavy (non-hydrogen) atoms. The molecule has 72 valence electrons. The van der Waals surface area contributed by atoms with E-state index in [-0.39, 0.29) is 0 Å². The Hall–Kier alpha value is -1.50. The lowest BCUT2D eigenvalue weighted by Gasteiger charge is -2.07. The van der Waals surface area contributed by atoms with Crippen LogP contribution in [0, 0.1) is 0 Å². The van der Waals surface area contributed by atoms with Gasteiger partial charge >= 0.3 is 5.97 Å². The van der Waals surface area contributed by atoms with Crippen LogP contribution in [0.4, 0.5) is 0 Å². The molecule has 0 fully saturated rings. The molecule has 1 atom stereocenters. The van der Waals surface area contributed by atoms with Gasteiger partial charge in [0.1, 0.15) is 12.4 Å². The summed E-state index contributed by atoms with van der Waals surface area (Å²) in [5.74, 6) is -0.423. The number of aryl methyl sites for hydroxylation is 1. The summed E-state index contributed by atoms with van der Waals surface area (Å²) in [5, 5.41) is 10.5. The second-order valence-electron chi connectivity index (χ2n) is 2.49. The van der Waals surface area contributed by atoms with E-state index in [1.54, 1.807) is 0 Å². The van der Waals surface area contributed by atoms with Crippen molar-refractivity contribution in [1.29, 1.82) is 0 Å². The van der Waals surface area contributed by atoms with Crippen LogP contribution in [0.3, 0.4) is 0 Å². The predicted octanol–water partition coefficient (Wildman–Crippen LogP) is -1.44. The average Bonchev–Trinajstić information content (AvgIpc) is 2.65. The van der Waals surface area contributed by atoms with Crippen molar-refractivity contribution in [3.63, 3.8) is 0 Å². The lowest BCUT2D eigenvalue weighted by atomic mass is 10.2. The van der Waals surface area contributed by atoms with E-state index in [1.807, 2.05) is 0 Å². The Morgan fingerprint density at radius 1 is 1.77 bits per heavy atom. The maximum absolute atomic E-state index is 10.9. The number of nitrogens with two attached hydrogens (primary N) is 1. The molecule has 7 nitrogen and oxygen atoms in total. The molecule has 0 radical (unpaired) electrons. The van der Waals surface area contributed by atoms with Crippen molar-refractivity contribution >= 4 is 5.97 Å². The largest absolute Gasteiger partial charge is 0.468 e. The van der Waals surface area contributed by atoms with Crippen LogP contribution in [0.1, 0.15) is 6.42 Å². The van der Waals surface area contributed by atoms with Gasteiger partial charge in [-0.15, -0.1) is 5.10 Å². The summed E-state index contributed by atoms with van der Waals surface area (Å²) < 4.78 is 5.96. The fraction of sp³-hybridized carbons (Fsp3) is 0.667. The molecule has 1 aromatic rings. The van der Waals surface area contributed by atoms with Gasteiger partial charge in [-0.05, 0) is 16.8 Å². The molecular weight excluding hydrogens is 174 g/mol. The molecule has 0 amide bonds. The van der Waals surface area contributed by atoms with Crippen LogP contribution in [0.2, 0.25) is 0 Å². The zero-order chi connectivity index (χ0) is 9.68. The minimum Gasteiger partial charge on any atom is -0.468 e. The van der Waals surface area contributed by atoms with Crippen LogP contribution >= 0.6 is 0 Å². The van der Waals surface area contributed by atoms with Crippen molar-refractivity contribution in [2.75, 3.05) is 7.11 Å². The molecule has 2 N–H and O–H groups in total. The number of hydrogen-bond donors (Lipinski definition) is 1. The Bertz CT molecular complexity index is 260. The van der Waals surface area contributed by atoms with Crippen LogP contribution < -0.4 is 5.73 Å². The normalized spacial score (nSPS) is 12.5.